The fourth-order valence-corrected chi connectivity index (χ4v) is 4.11. The number of aromatic nitrogens is 1. The van der Waals surface area contributed by atoms with Gasteiger partial charge in [0.1, 0.15) is 11.3 Å². The summed E-state index contributed by atoms with van der Waals surface area (Å²) >= 11 is 13.5. The monoisotopic (exact) mass is 424 g/mol. The number of carbonyl (C=O) groups is 1. The quantitative estimate of drug-likeness (QED) is 0.534. The van der Waals surface area contributed by atoms with Crippen LogP contribution in [0.4, 0.5) is 0 Å². The van der Waals surface area contributed by atoms with E-state index in [0.29, 0.717) is 34.6 Å². The van der Waals surface area contributed by atoms with Crippen molar-refractivity contribution in [2.24, 2.45) is 4.99 Å². The molecule has 3 rings (SSSR count). The van der Waals surface area contributed by atoms with Crippen molar-refractivity contribution in [3.05, 3.63) is 56.8 Å². The number of hydrogen-bond donors (Lipinski definition) is 0. The zero-order chi connectivity index (χ0) is 19.4. The van der Waals surface area contributed by atoms with Crippen molar-refractivity contribution in [3.63, 3.8) is 0 Å². The lowest BCUT2D eigenvalue weighted by atomic mass is 10.2. The van der Waals surface area contributed by atoms with E-state index in [2.05, 4.69) is 4.99 Å². The van der Waals surface area contributed by atoms with Crippen molar-refractivity contribution in [2.75, 3.05) is 20.3 Å². The average Bonchev–Trinajstić information content (AvgIpc) is 3.01. The van der Waals surface area contributed by atoms with E-state index in [9.17, 15) is 4.79 Å². The van der Waals surface area contributed by atoms with Gasteiger partial charge in [0.25, 0.3) is 5.91 Å². The number of halogens is 2. The molecule has 8 heteroatoms. The van der Waals surface area contributed by atoms with Gasteiger partial charge in [-0.3, -0.25) is 4.79 Å². The van der Waals surface area contributed by atoms with Gasteiger partial charge < -0.3 is 14.0 Å². The van der Waals surface area contributed by atoms with Crippen molar-refractivity contribution in [1.29, 1.82) is 0 Å². The first-order valence-corrected chi connectivity index (χ1v) is 9.90. The molecule has 1 heterocycles. The first-order valence-electron chi connectivity index (χ1n) is 8.33. The van der Waals surface area contributed by atoms with Crippen LogP contribution in [0.5, 0.6) is 5.75 Å². The van der Waals surface area contributed by atoms with Crippen LogP contribution in [0.25, 0.3) is 10.2 Å². The molecule has 2 aromatic carbocycles. The highest BCUT2D eigenvalue weighted by atomic mass is 35.5. The number of para-hydroxylation sites is 1. The number of benzene rings is 2. The number of nitrogens with zero attached hydrogens (tertiary/aromatic N) is 2. The Morgan fingerprint density at radius 2 is 2.07 bits per heavy atom. The smallest absolute Gasteiger partial charge is 0.281 e. The summed E-state index contributed by atoms with van der Waals surface area (Å²) in [6, 6.07) is 10.5. The number of carbonyl (C=O) groups excluding carboxylic acids is 1. The molecule has 0 saturated carbocycles. The Labute approximate surface area is 170 Å². The van der Waals surface area contributed by atoms with Crippen LogP contribution >= 0.6 is 34.5 Å². The molecular weight excluding hydrogens is 407 g/mol. The van der Waals surface area contributed by atoms with Crippen molar-refractivity contribution < 1.29 is 14.3 Å². The standard InChI is InChI=1S/C19H18Cl2N2O3S/c1-3-26-10-9-23-17-15(25-2)5-4-6-16(17)27-19(23)22-18(24)13-11-12(20)7-8-14(13)21/h4-8,11H,3,9-10H2,1-2H3. The highest BCUT2D eigenvalue weighted by Crippen LogP contribution is 2.27. The van der Waals surface area contributed by atoms with E-state index in [4.69, 9.17) is 32.7 Å². The van der Waals surface area contributed by atoms with Gasteiger partial charge in [0.2, 0.25) is 0 Å². The third kappa shape index (κ3) is 4.35. The molecule has 5 nitrogen and oxygen atoms in total. The van der Waals surface area contributed by atoms with E-state index in [1.54, 1.807) is 19.2 Å². The van der Waals surface area contributed by atoms with E-state index in [1.807, 2.05) is 29.7 Å². The summed E-state index contributed by atoms with van der Waals surface area (Å²) in [5.41, 5.74) is 1.15. The lowest BCUT2D eigenvalue weighted by Gasteiger charge is -2.08. The Morgan fingerprint density at radius 3 is 2.81 bits per heavy atom. The van der Waals surface area contributed by atoms with Gasteiger partial charge in [-0.25, -0.2) is 0 Å². The van der Waals surface area contributed by atoms with Crippen molar-refractivity contribution in [3.8, 4) is 5.75 Å². The van der Waals surface area contributed by atoms with Crippen molar-refractivity contribution in [2.45, 2.75) is 13.5 Å². The lowest BCUT2D eigenvalue weighted by molar-refractivity contribution is 0.0996. The second-order valence-corrected chi connectivity index (χ2v) is 7.43. The van der Waals surface area contributed by atoms with Gasteiger partial charge >= 0.3 is 0 Å². The first-order chi connectivity index (χ1) is 13.0. The molecule has 142 valence electrons. The molecule has 1 amide bonds. The number of thiazole rings is 1. The van der Waals surface area contributed by atoms with Crippen LogP contribution in [-0.2, 0) is 11.3 Å². The average molecular weight is 425 g/mol. The third-order valence-electron chi connectivity index (χ3n) is 3.90. The summed E-state index contributed by atoms with van der Waals surface area (Å²) in [4.78, 5) is 17.6. The fourth-order valence-electron chi connectivity index (χ4n) is 2.66. The van der Waals surface area contributed by atoms with Crippen LogP contribution in [0, 0.1) is 0 Å². The van der Waals surface area contributed by atoms with Gasteiger partial charge in [-0.2, -0.15) is 4.99 Å². The van der Waals surface area contributed by atoms with Gasteiger partial charge in [0.15, 0.2) is 4.80 Å². The first kappa shape index (κ1) is 19.9. The lowest BCUT2D eigenvalue weighted by Crippen LogP contribution is -2.20. The van der Waals surface area contributed by atoms with Crippen LogP contribution in [0.1, 0.15) is 17.3 Å². The van der Waals surface area contributed by atoms with Crippen LogP contribution in [0.15, 0.2) is 41.4 Å². The van der Waals surface area contributed by atoms with E-state index >= 15 is 0 Å². The molecule has 0 bridgehead atoms. The van der Waals surface area contributed by atoms with Crippen molar-refractivity contribution >= 4 is 50.7 Å². The molecule has 1 aromatic heterocycles. The maximum atomic E-state index is 12.7. The number of hydrogen-bond acceptors (Lipinski definition) is 4. The van der Waals surface area contributed by atoms with E-state index < -0.39 is 5.91 Å². The van der Waals surface area contributed by atoms with Crippen molar-refractivity contribution in [1.82, 2.24) is 4.57 Å². The molecule has 0 spiro atoms. The van der Waals surface area contributed by atoms with E-state index in [0.717, 1.165) is 16.0 Å². The van der Waals surface area contributed by atoms with Crippen LogP contribution < -0.4 is 9.54 Å². The number of rotatable bonds is 6. The van der Waals surface area contributed by atoms with E-state index in [-0.39, 0.29) is 5.56 Å². The van der Waals surface area contributed by atoms with Crippen LogP contribution in [-0.4, -0.2) is 30.8 Å². The predicted molar refractivity (Wildman–Crippen MR) is 109 cm³/mol. The third-order valence-corrected chi connectivity index (χ3v) is 5.51. The summed E-state index contributed by atoms with van der Waals surface area (Å²) in [6.07, 6.45) is 0. The maximum absolute atomic E-state index is 12.7. The predicted octanol–water partition coefficient (Wildman–Crippen LogP) is 4.80. The Kier molecular flexibility index (Phi) is 6.55. The molecule has 0 N–H and O–H groups in total. The number of methoxy groups -OCH3 is 1. The molecule has 3 aromatic rings. The minimum Gasteiger partial charge on any atom is -0.495 e. The normalized spacial score (nSPS) is 11.9. The topological polar surface area (TPSA) is 52.8 Å². The summed E-state index contributed by atoms with van der Waals surface area (Å²) in [6.45, 7) is 3.60. The Balaban J connectivity index is 2.14. The summed E-state index contributed by atoms with van der Waals surface area (Å²) in [7, 11) is 1.62. The second kappa shape index (κ2) is 8.89. The molecule has 27 heavy (non-hydrogen) atoms. The highest BCUT2D eigenvalue weighted by Gasteiger charge is 2.14. The van der Waals surface area contributed by atoms with E-state index in [1.165, 1.54) is 17.4 Å². The summed E-state index contributed by atoms with van der Waals surface area (Å²) < 4.78 is 13.9. The van der Waals surface area contributed by atoms with Crippen LogP contribution in [0.3, 0.4) is 0 Å². The van der Waals surface area contributed by atoms with Gasteiger partial charge in [-0.05, 0) is 37.3 Å². The molecule has 0 aliphatic heterocycles. The number of ether oxygens (including phenoxy) is 2. The van der Waals surface area contributed by atoms with Gasteiger partial charge in [-0.1, -0.05) is 40.6 Å². The number of amides is 1. The molecular formula is C19H18Cl2N2O3S. The Hall–Kier alpha value is -1.86. The molecule has 0 unspecified atom stereocenters. The van der Waals surface area contributed by atoms with Gasteiger partial charge in [0, 0.05) is 18.2 Å². The summed E-state index contributed by atoms with van der Waals surface area (Å²) in [5.74, 6) is 0.271. The molecule has 0 saturated heterocycles. The molecule has 0 fully saturated rings. The zero-order valence-corrected chi connectivity index (χ0v) is 17.2. The zero-order valence-electron chi connectivity index (χ0n) is 14.9. The number of fused-ring (bicyclic) bond motifs is 1. The second-order valence-electron chi connectivity index (χ2n) is 5.58. The Morgan fingerprint density at radius 1 is 1.26 bits per heavy atom. The highest BCUT2D eigenvalue weighted by molar-refractivity contribution is 7.16. The maximum Gasteiger partial charge on any atom is 0.281 e. The Bertz CT molecular complexity index is 1040. The molecule has 0 atom stereocenters. The minimum absolute atomic E-state index is 0.268. The van der Waals surface area contributed by atoms with Crippen LogP contribution in [0.2, 0.25) is 10.0 Å². The minimum atomic E-state index is -0.446. The SMILES string of the molecule is CCOCCn1c(=NC(=O)c2cc(Cl)ccc2Cl)sc2cccc(OC)c21. The molecule has 0 aliphatic rings. The summed E-state index contributed by atoms with van der Waals surface area (Å²) in [5, 5.41) is 0.743. The molecule has 0 aliphatic carbocycles. The largest absolute Gasteiger partial charge is 0.495 e. The van der Waals surface area contributed by atoms with Gasteiger partial charge in [-0.15, -0.1) is 0 Å². The molecule has 0 radical (unpaired) electrons. The fraction of sp³-hybridized carbons (Fsp3) is 0.263. The van der Waals surface area contributed by atoms with Gasteiger partial charge in [0.05, 0.1) is 29.0 Å².